The average molecular weight is 410 g/mol. The van der Waals surface area contributed by atoms with Crippen LogP contribution in [0.25, 0.3) is 0 Å². The van der Waals surface area contributed by atoms with Gasteiger partial charge in [0, 0.05) is 13.0 Å². The van der Waals surface area contributed by atoms with Gasteiger partial charge < -0.3 is 15.0 Å². The summed E-state index contributed by atoms with van der Waals surface area (Å²) in [5.41, 5.74) is -0.202. The van der Waals surface area contributed by atoms with Crippen molar-refractivity contribution in [1.82, 2.24) is 15.2 Å². The molecule has 1 aromatic heterocycles. The van der Waals surface area contributed by atoms with Gasteiger partial charge in [0.1, 0.15) is 10.8 Å². The molecule has 0 radical (unpaired) electrons. The van der Waals surface area contributed by atoms with E-state index in [0.717, 1.165) is 4.90 Å². The Bertz CT molecular complexity index is 689. The molecule has 0 aromatic carbocycles. The SMILES string of the molecule is CC(C)OC(=O)NC[C@H]1CCC(F)(F)CN1C(=O)c1nc(Cl)ccc1Cl. The Hall–Kier alpha value is -1.67. The van der Waals surface area contributed by atoms with Crippen LogP contribution in [0, 0.1) is 0 Å². The number of pyridine rings is 1. The highest BCUT2D eigenvalue weighted by Gasteiger charge is 2.43. The van der Waals surface area contributed by atoms with Crippen LogP contribution in [0.15, 0.2) is 12.1 Å². The molecule has 1 fully saturated rings. The van der Waals surface area contributed by atoms with Gasteiger partial charge in [-0.2, -0.15) is 0 Å². The number of carbonyl (C=O) groups is 2. The largest absolute Gasteiger partial charge is 0.447 e. The summed E-state index contributed by atoms with van der Waals surface area (Å²) in [5, 5.41) is 2.53. The normalized spacial score (nSPS) is 19.3. The fourth-order valence-electron chi connectivity index (χ4n) is 2.60. The van der Waals surface area contributed by atoms with Crippen molar-refractivity contribution in [2.24, 2.45) is 0 Å². The number of alkyl carbamates (subject to hydrolysis) is 1. The van der Waals surface area contributed by atoms with E-state index in [0.29, 0.717) is 0 Å². The third-order valence-corrected chi connectivity index (χ3v) is 4.30. The monoisotopic (exact) mass is 409 g/mol. The zero-order chi connectivity index (χ0) is 19.5. The van der Waals surface area contributed by atoms with Crippen molar-refractivity contribution in [3.63, 3.8) is 0 Å². The highest BCUT2D eigenvalue weighted by atomic mass is 35.5. The number of rotatable bonds is 4. The molecule has 0 spiro atoms. The first-order chi connectivity index (χ1) is 12.1. The lowest BCUT2D eigenvalue weighted by molar-refractivity contribution is -0.0716. The van der Waals surface area contributed by atoms with Crippen LogP contribution in [-0.2, 0) is 4.74 Å². The van der Waals surface area contributed by atoms with E-state index >= 15 is 0 Å². The minimum atomic E-state index is -3.03. The number of nitrogens with one attached hydrogen (secondary N) is 1. The predicted octanol–water partition coefficient (Wildman–Crippen LogP) is 3.76. The number of hydrogen-bond donors (Lipinski definition) is 1. The molecule has 2 rings (SSSR count). The van der Waals surface area contributed by atoms with Crippen molar-refractivity contribution in [3.05, 3.63) is 28.0 Å². The number of amides is 2. The molecule has 0 saturated carbocycles. The molecule has 2 amide bonds. The van der Waals surface area contributed by atoms with Crippen molar-refractivity contribution < 1.29 is 23.1 Å². The topological polar surface area (TPSA) is 71.5 Å². The summed E-state index contributed by atoms with van der Waals surface area (Å²) in [5.74, 6) is -3.80. The van der Waals surface area contributed by atoms with Crippen molar-refractivity contribution >= 4 is 35.2 Å². The molecule has 2 heterocycles. The second-order valence-corrected chi connectivity index (χ2v) is 7.08. The molecule has 144 valence electrons. The summed E-state index contributed by atoms with van der Waals surface area (Å²) in [4.78, 5) is 29.2. The van der Waals surface area contributed by atoms with Crippen molar-refractivity contribution in [1.29, 1.82) is 0 Å². The number of nitrogens with zero attached hydrogens (tertiary/aromatic N) is 2. The van der Waals surface area contributed by atoms with Crippen LogP contribution in [0.3, 0.4) is 0 Å². The lowest BCUT2D eigenvalue weighted by Gasteiger charge is -2.39. The van der Waals surface area contributed by atoms with Gasteiger partial charge in [0.25, 0.3) is 11.8 Å². The Labute approximate surface area is 159 Å². The molecule has 1 aliphatic rings. The molecule has 0 bridgehead atoms. The summed E-state index contributed by atoms with van der Waals surface area (Å²) >= 11 is 11.7. The van der Waals surface area contributed by atoms with Crippen LogP contribution in [0.2, 0.25) is 10.2 Å². The molecule has 6 nitrogen and oxygen atoms in total. The lowest BCUT2D eigenvalue weighted by atomic mass is 9.98. The maximum atomic E-state index is 13.9. The van der Waals surface area contributed by atoms with E-state index in [1.807, 2.05) is 0 Å². The summed E-state index contributed by atoms with van der Waals surface area (Å²) in [7, 11) is 0. The van der Waals surface area contributed by atoms with Gasteiger partial charge in [0.2, 0.25) is 0 Å². The van der Waals surface area contributed by atoms with E-state index in [2.05, 4.69) is 10.3 Å². The first kappa shape index (κ1) is 20.6. The summed E-state index contributed by atoms with van der Waals surface area (Å²) in [6.07, 6.45) is -1.38. The number of alkyl halides is 2. The Morgan fingerprint density at radius 2 is 2.12 bits per heavy atom. The molecule has 1 N–H and O–H groups in total. The number of carbonyl (C=O) groups excluding carboxylic acids is 2. The van der Waals surface area contributed by atoms with Crippen molar-refractivity contribution in [3.8, 4) is 0 Å². The predicted molar refractivity (Wildman–Crippen MR) is 92.9 cm³/mol. The molecule has 10 heteroatoms. The smallest absolute Gasteiger partial charge is 0.407 e. The zero-order valence-corrected chi connectivity index (χ0v) is 15.8. The van der Waals surface area contributed by atoms with Crippen molar-refractivity contribution in [2.75, 3.05) is 13.1 Å². The van der Waals surface area contributed by atoms with E-state index in [1.165, 1.54) is 12.1 Å². The Balaban J connectivity index is 2.17. The van der Waals surface area contributed by atoms with E-state index < -0.39 is 30.5 Å². The number of piperidine rings is 1. The van der Waals surface area contributed by atoms with Gasteiger partial charge in [0.15, 0.2) is 0 Å². The standard InChI is InChI=1S/C16H19Cl2F2N3O3/c1-9(2)26-15(25)21-7-10-5-6-16(19,20)8-23(10)14(24)13-11(17)3-4-12(18)22-13/h3-4,9-10H,5-8H2,1-2H3,(H,21,25)/t10-/m1/s1. The molecule has 1 aliphatic heterocycles. The van der Waals surface area contributed by atoms with Crippen LogP contribution >= 0.6 is 23.2 Å². The van der Waals surface area contributed by atoms with Crippen LogP contribution in [0.4, 0.5) is 13.6 Å². The number of ether oxygens (including phenoxy) is 1. The molecular weight excluding hydrogens is 391 g/mol. The Morgan fingerprint density at radius 1 is 1.42 bits per heavy atom. The fourth-order valence-corrected chi connectivity index (χ4v) is 2.94. The van der Waals surface area contributed by atoms with Gasteiger partial charge in [-0.15, -0.1) is 0 Å². The van der Waals surface area contributed by atoms with Crippen molar-refractivity contribution in [2.45, 2.75) is 44.8 Å². The first-order valence-electron chi connectivity index (χ1n) is 8.04. The molecule has 26 heavy (non-hydrogen) atoms. The molecule has 1 atom stereocenters. The quantitative estimate of drug-likeness (QED) is 0.768. The minimum Gasteiger partial charge on any atom is -0.447 e. The highest BCUT2D eigenvalue weighted by Crippen LogP contribution is 2.32. The summed E-state index contributed by atoms with van der Waals surface area (Å²) in [6, 6.07) is 2.13. The summed E-state index contributed by atoms with van der Waals surface area (Å²) < 4.78 is 32.7. The maximum absolute atomic E-state index is 13.9. The fraction of sp³-hybridized carbons (Fsp3) is 0.562. The Morgan fingerprint density at radius 3 is 2.77 bits per heavy atom. The molecule has 1 aromatic rings. The molecule has 1 saturated heterocycles. The van der Waals surface area contributed by atoms with E-state index in [4.69, 9.17) is 27.9 Å². The van der Waals surface area contributed by atoms with E-state index in [-0.39, 0.29) is 41.4 Å². The molecule has 0 aliphatic carbocycles. The van der Waals surface area contributed by atoms with E-state index in [1.54, 1.807) is 13.8 Å². The second-order valence-electron chi connectivity index (χ2n) is 6.28. The van der Waals surface area contributed by atoms with Gasteiger partial charge in [-0.3, -0.25) is 4.79 Å². The number of likely N-dealkylation sites (tertiary alicyclic amines) is 1. The Kier molecular flexibility index (Phi) is 6.63. The molecular formula is C16H19Cl2F2N3O3. The van der Waals surface area contributed by atoms with Crippen LogP contribution in [-0.4, -0.2) is 53.0 Å². The minimum absolute atomic E-state index is 0.0128. The lowest BCUT2D eigenvalue weighted by Crippen LogP contribution is -2.55. The average Bonchev–Trinajstić information content (AvgIpc) is 2.54. The van der Waals surface area contributed by atoms with Gasteiger partial charge in [0.05, 0.1) is 23.7 Å². The van der Waals surface area contributed by atoms with Gasteiger partial charge in [-0.05, 0) is 32.4 Å². The zero-order valence-electron chi connectivity index (χ0n) is 14.3. The molecule has 0 unspecified atom stereocenters. The first-order valence-corrected chi connectivity index (χ1v) is 8.80. The van der Waals surface area contributed by atoms with Gasteiger partial charge in [-0.1, -0.05) is 23.2 Å². The second kappa shape index (κ2) is 8.35. The van der Waals surface area contributed by atoms with Crippen LogP contribution < -0.4 is 5.32 Å². The summed E-state index contributed by atoms with van der Waals surface area (Å²) in [6.45, 7) is 2.56. The third-order valence-electron chi connectivity index (χ3n) is 3.79. The number of halogens is 4. The van der Waals surface area contributed by atoms with E-state index in [9.17, 15) is 18.4 Å². The van der Waals surface area contributed by atoms with Gasteiger partial charge in [-0.25, -0.2) is 18.6 Å². The van der Waals surface area contributed by atoms with Crippen LogP contribution in [0.1, 0.15) is 37.2 Å². The van der Waals surface area contributed by atoms with Gasteiger partial charge >= 0.3 is 6.09 Å². The highest BCUT2D eigenvalue weighted by molar-refractivity contribution is 6.34. The van der Waals surface area contributed by atoms with Crippen LogP contribution in [0.5, 0.6) is 0 Å². The maximum Gasteiger partial charge on any atom is 0.407 e. The number of aromatic nitrogens is 1. The third kappa shape index (κ3) is 5.41. The number of hydrogen-bond acceptors (Lipinski definition) is 4.